The van der Waals surface area contributed by atoms with Gasteiger partial charge in [-0.25, -0.2) is 0 Å². The molecule has 0 aliphatic carbocycles. The largest absolute Gasteiger partial charge is 0.377 e. The van der Waals surface area contributed by atoms with E-state index in [0.29, 0.717) is 6.61 Å². The number of likely N-dealkylation sites (tertiary alicyclic amines) is 1. The molecule has 0 spiro atoms. The van der Waals surface area contributed by atoms with Gasteiger partial charge in [0.05, 0.1) is 12.7 Å². The molecule has 5 nitrogen and oxygen atoms in total. The summed E-state index contributed by atoms with van der Waals surface area (Å²) in [4.78, 5) is 15.6. The first kappa shape index (κ1) is 16.5. The molecule has 2 rings (SSSR count). The van der Waals surface area contributed by atoms with E-state index < -0.39 is 0 Å². The van der Waals surface area contributed by atoms with E-state index in [1.807, 2.05) is 6.08 Å². The first-order valence-corrected chi connectivity index (χ1v) is 7.80. The van der Waals surface area contributed by atoms with Gasteiger partial charge in [-0.05, 0) is 19.3 Å². The highest BCUT2D eigenvalue weighted by molar-refractivity contribution is 5.76. The van der Waals surface area contributed by atoms with Gasteiger partial charge >= 0.3 is 0 Å². The van der Waals surface area contributed by atoms with E-state index in [-0.39, 0.29) is 24.0 Å². The quantitative estimate of drug-likeness (QED) is 0.690. The molecule has 2 heterocycles. The second-order valence-corrected chi connectivity index (χ2v) is 6.42. The minimum absolute atomic E-state index is 0.0124. The molecule has 0 N–H and O–H groups in total. The molecule has 2 fully saturated rings. The first-order valence-electron chi connectivity index (χ1n) is 7.80. The average molecular weight is 296 g/mol. The molecule has 21 heavy (non-hydrogen) atoms. The monoisotopic (exact) mass is 296 g/mol. The van der Waals surface area contributed by atoms with Crippen molar-refractivity contribution >= 4 is 5.91 Å². The summed E-state index contributed by atoms with van der Waals surface area (Å²) in [5.41, 5.74) is 0.0338. The Balaban J connectivity index is 1.95. The Hall–Kier alpha value is -0.910. The molecule has 5 heteroatoms. The topological polar surface area (TPSA) is 42.0 Å². The molecule has 2 aliphatic rings. The summed E-state index contributed by atoms with van der Waals surface area (Å²) in [6.45, 7) is 8.37. The van der Waals surface area contributed by atoms with Crippen LogP contribution in [-0.4, -0.2) is 75.4 Å². The number of ether oxygens (including phenoxy) is 2. The maximum Gasteiger partial charge on any atom is 0.248 e. The lowest BCUT2D eigenvalue weighted by atomic mass is 9.73. The van der Waals surface area contributed by atoms with Gasteiger partial charge in [0.1, 0.15) is 6.61 Å². The predicted molar refractivity (Wildman–Crippen MR) is 82.2 cm³/mol. The zero-order chi connectivity index (χ0) is 15.3. The average Bonchev–Trinajstić information content (AvgIpc) is 2.47. The third-order valence-electron chi connectivity index (χ3n) is 4.57. The standard InChI is InChI=1S/C16H28N2O3/c1-4-8-18-9-6-14-16(12-18,7-5-10-21-14)13-20-11-15(19)17(2)3/h4,14H,1,5-13H2,2-3H3/t14-,16-/m0/s1. The molecule has 0 radical (unpaired) electrons. The van der Waals surface area contributed by atoms with Crippen molar-refractivity contribution < 1.29 is 14.3 Å². The van der Waals surface area contributed by atoms with Crippen molar-refractivity contribution in [1.82, 2.24) is 9.80 Å². The van der Waals surface area contributed by atoms with Gasteiger partial charge in [0.15, 0.2) is 0 Å². The Labute approximate surface area is 127 Å². The van der Waals surface area contributed by atoms with E-state index in [0.717, 1.165) is 45.5 Å². The second kappa shape index (κ2) is 7.38. The van der Waals surface area contributed by atoms with Gasteiger partial charge in [-0.15, -0.1) is 6.58 Å². The summed E-state index contributed by atoms with van der Waals surface area (Å²) in [7, 11) is 3.51. The van der Waals surface area contributed by atoms with Crippen LogP contribution in [0.3, 0.4) is 0 Å². The number of amides is 1. The van der Waals surface area contributed by atoms with Crippen LogP contribution in [-0.2, 0) is 14.3 Å². The first-order chi connectivity index (χ1) is 10.1. The lowest BCUT2D eigenvalue weighted by molar-refractivity contribution is -0.158. The van der Waals surface area contributed by atoms with Crippen LogP contribution in [0.25, 0.3) is 0 Å². The fraction of sp³-hybridized carbons (Fsp3) is 0.812. The summed E-state index contributed by atoms with van der Waals surface area (Å²) in [5, 5.41) is 0. The molecule has 2 atom stereocenters. The molecule has 2 aliphatic heterocycles. The van der Waals surface area contributed by atoms with Gasteiger partial charge in [-0.1, -0.05) is 6.08 Å². The number of carbonyl (C=O) groups excluding carboxylic acids is 1. The van der Waals surface area contributed by atoms with Crippen molar-refractivity contribution in [2.45, 2.75) is 25.4 Å². The molecule has 0 unspecified atom stereocenters. The maximum atomic E-state index is 11.7. The predicted octanol–water partition coefficient (Wildman–Crippen LogP) is 1.15. The lowest BCUT2D eigenvalue weighted by Gasteiger charge is -2.50. The van der Waals surface area contributed by atoms with Crippen molar-refractivity contribution in [2.24, 2.45) is 5.41 Å². The highest BCUT2D eigenvalue weighted by atomic mass is 16.5. The number of nitrogens with zero attached hydrogens (tertiary/aromatic N) is 2. The Morgan fingerprint density at radius 2 is 2.38 bits per heavy atom. The fourth-order valence-electron chi connectivity index (χ4n) is 3.40. The lowest BCUT2D eigenvalue weighted by Crippen LogP contribution is -2.57. The highest BCUT2D eigenvalue weighted by Gasteiger charge is 2.45. The van der Waals surface area contributed by atoms with E-state index in [1.165, 1.54) is 0 Å². The van der Waals surface area contributed by atoms with Gasteiger partial charge in [-0.2, -0.15) is 0 Å². The second-order valence-electron chi connectivity index (χ2n) is 6.42. The molecule has 2 saturated heterocycles. The number of piperidine rings is 1. The van der Waals surface area contributed by atoms with E-state index in [1.54, 1.807) is 19.0 Å². The summed E-state index contributed by atoms with van der Waals surface area (Å²) in [6.07, 6.45) is 5.44. The number of rotatable bonds is 6. The SMILES string of the molecule is C=CCN1CC[C@@H]2OCCC[C@@]2(COCC(=O)N(C)C)C1. The van der Waals surface area contributed by atoms with Crippen LogP contribution in [0.5, 0.6) is 0 Å². The van der Waals surface area contributed by atoms with E-state index in [9.17, 15) is 4.79 Å². The fourth-order valence-corrected chi connectivity index (χ4v) is 3.40. The Morgan fingerprint density at radius 1 is 1.57 bits per heavy atom. The summed E-state index contributed by atoms with van der Waals surface area (Å²) < 4.78 is 11.7. The van der Waals surface area contributed by atoms with Crippen molar-refractivity contribution in [3.8, 4) is 0 Å². The van der Waals surface area contributed by atoms with Crippen molar-refractivity contribution in [2.75, 3.05) is 53.6 Å². The van der Waals surface area contributed by atoms with Crippen molar-refractivity contribution in [3.05, 3.63) is 12.7 Å². The van der Waals surface area contributed by atoms with Crippen LogP contribution in [0.2, 0.25) is 0 Å². The molecule has 0 saturated carbocycles. The number of carbonyl (C=O) groups is 1. The van der Waals surface area contributed by atoms with Crippen molar-refractivity contribution in [1.29, 1.82) is 0 Å². The van der Waals surface area contributed by atoms with Crippen LogP contribution in [0.4, 0.5) is 0 Å². The normalized spacial score (nSPS) is 29.7. The molecule has 0 aromatic heterocycles. The molecule has 1 amide bonds. The molecule has 0 aromatic rings. The van der Waals surface area contributed by atoms with Crippen molar-refractivity contribution in [3.63, 3.8) is 0 Å². The molecular weight excluding hydrogens is 268 g/mol. The number of hydrogen-bond donors (Lipinski definition) is 0. The molecule has 0 aromatic carbocycles. The third-order valence-corrected chi connectivity index (χ3v) is 4.57. The minimum Gasteiger partial charge on any atom is -0.377 e. The van der Waals surface area contributed by atoms with Crippen LogP contribution >= 0.6 is 0 Å². The van der Waals surface area contributed by atoms with E-state index in [2.05, 4.69) is 11.5 Å². The van der Waals surface area contributed by atoms with Gasteiger partial charge in [0.25, 0.3) is 0 Å². The smallest absolute Gasteiger partial charge is 0.248 e. The summed E-state index contributed by atoms with van der Waals surface area (Å²) in [5.74, 6) is 0.0124. The zero-order valence-electron chi connectivity index (χ0n) is 13.3. The minimum atomic E-state index is 0.0124. The Morgan fingerprint density at radius 3 is 3.10 bits per heavy atom. The molecular formula is C16H28N2O3. The van der Waals surface area contributed by atoms with Crippen LogP contribution in [0.15, 0.2) is 12.7 Å². The number of fused-ring (bicyclic) bond motifs is 1. The van der Waals surface area contributed by atoms with Gasteiger partial charge in [-0.3, -0.25) is 9.69 Å². The van der Waals surface area contributed by atoms with Crippen LogP contribution < -0.4 is 0 Å². The molecule has 120 valence electrons. The summed E-state index contributed by atoms with van der Waals surface area (Å²) in [6, 6.07) is 0. The number of hydrogen-bond acceptors (Lipinski definition) is 4. The maximum absolute atomic E-state index is 11.7. The number of likely N-dealkylation sites (N-methyl/N-ethyl adjacent to an activating group) is 1. The Kier molecular flexibility index (Phi) is 5.79. The van der Waals surface area contributed by atoms with Crippen LogP contribution in [0.1, 0.15) is 19.3 Å². The zero-order valence-corrected chi connectivity index (χ0v) is 13.3. The molecule has 0 bridgehead atoms. The van der Waals surface area contributed by atoms with Gasteiger partial charge in [0.2, 0.25) is 5.91 Å². The van der Waals surface area contributed by atoms with E-state index >= 15 is 0 Å². The third kappa shape index (κ3) is 4.05. The summed E-state index contributed by atoms with van der Waals surface area (Å²) >= 11 is 0. The highest BCUT2D eigenvalue weighted by Crippen LogP contribution is 2.40. The van der Waals surface area contributed by atoms with Crippen LogP contribution in [0, 0.1) is 5.41 Å². The van der Waals surface area contributed by atoms with E-state index in [4.69, 9.17) is 9.47 Å². The van der Waals surface area contributed by atoms with Gasteiger partial charge < -0.3 is 14.4 Å². The van der Waals surface area contributed by atoms with Gasteiger partial charge in [0, 0.05) is 45.8 Å². The Bertz CT molecular complexity index is 373.